The van der Waals surface area contributed by atoms with Crippen LogP contribution >= 0.6 is 0 Å². The number of amides is 2. The van der Waals surface area contributed by atoms with Crippen molar-refractivity contribution in [1.82, 2.24) is 5.32 Å². The number of hydrogen-bond acceptors (Lipinski definition) is 3. The minimum atomic E-state index is -0.533. The van der Waals surface area contributed by atoms with E-state index in [0.29, 0.717) is 44.6 Å². The van der Waals surface area contributed by atoms with Gasteiger partial charge in [-0.3, -0.25) is 9.59 Å². The van der Waals surface area contributed by atoms with Crippen molar-refractivity contribution < 1.29 is 14.3 Å². The molecule has 2 amide bonds. The minimum absolute atomic E-state index is 0.0399. The van der Waals surface area contributed by atoms with Gasteiger partial charge in [0.05, 0.1) is 5.41 Å². The van der Waals surface area contributed by atoms with Gasteiger partial charge in [-0.1, -0.05) is 42.5 Å². The van der Waals surface area contributed by atoms with E-state index < -0.39 is 11.3 Å². The summed E-state index contributed by atoms with van der Waals surface area (Å²) in [6, 6.07) is 17.1. The number of nitrogens with one attached hydrogen (secondary N) is 1. The lowest BCUT2D eigenvalue weighted by Crippen LogP contribution is -2.48. The Bertz CT molecular complexity index is 768. The average Bonchev–Trinajstić information content (AvgIpc) is 2.69. The van der Waals surface area contributed by atoms with Crippen LogP contribution in [0.5, 0.6) is 0 Å². The highest BCUT2D eigenvalue weighted by atomic mass is 16.5. The Morgan fingerprint density at radius 1 is 1.04 bits per heavy atom. The van der Waals surface area contributed by atoms with Gasteiger partial charge in [-0.15, -0.1) is 0 Å². The first-order valence-corrected chi connectivity index (χ1v) is 8.92. The van der Waals surface area contributed by atoms with E-state index in [9.17, 15) is 9.59 Å². The van der Waals surface area contributed by atoms with Crippen molar-refractivity contribution in [2.45, 2.75) is 24.7 Å². The van der Waals surface area contributed by atoms with Gasteiger partial charge in [-0.2, -0.15) is 0 Å². The third-order valence-corrected chi connectivity index (χ3v) is 5.02. The van der Waals surface area contributed by atoms with E-state index >= 15 is 0 Å². The Hall–Kier alpha value is -2.66. The lowest BCUT2D eigenvalue weighted by molar-refractivity contribution is -0.130. The molecule has 1 fully saturated rings. The summed E-state index contributed by atoms with van der Waals surface area (Å²) in [6.45, 7) is 1.68. The van der Waals surface area contributed by atoms with Crippen LogP contribution in [0.4, 0.5) is 0 Å². The van der Waals surface area contributed by atoms with Crippen LogP contribution < -0.4 is 11.1 Å². The van der Waals surface area contributed by atoms with Gasteiger partial charge in [-0.25, -0.2) is 0 Å². The molecule has 3 N–H and O–H groups in total. The molecule has 1 aliphatic rings. The van der Waals surface area contributed by atoms with E-state index in [0.717, 1.165) is 11.1 Å². The molecule has 1 aliphatic heterocycles. The van der Waals surface area contributed by atoms with Crippen molar-refractivity contribution in [1.29, 1.82) is 0 Å². The molecule has 0 aromatic heterocycles. The van der Waals surface area contributed by atoms with Gasteiger partial charge in [0, 0.05) is 25.3 Å². The summed E-state index contributed by atoms with van der Waals surface area (Å²) in [6.07, 6.45) is 2.01. The van der Waals surface area contributed by atoms with E-state index in [4.69, 9.17) is 10.5 Å². The zero-order valence-electron chi connectivity index (χ0n) is 14.7. The lowest BCUT2D eigenvalue weighted by Gasteiger charge is -2.36. The van der Waals surface area contributed by atoms with Gasteiger partial charge in [0.1, 0.15) is 0 Å². The van der Waals surface area contributed by atoms with E-state index in [2.05, 4.69) is 5.32 Å². The van der Waals surface area contributed by atoms with Crippen molar-refractivity contribution in [3.8, 4) is 0 Å². The summed E-state index contributed by atoms with van der Waals surface area (Å²) in [5, 5.41) is 3.08. The van der Waals surface area contributed by atoms with Crippen LogP contribution in [0, 0.1) is 0 Å². The molecular formula is C21H24N2O3. The Balaban J connectivity index is 1.67. The van der Waals surface area contributed by atoms with Crippen LogP contribution in [0.25, 0.3) is 0 Å². The standard InChI is InChI=1S/C21H24N2O3/c22-19(24)17-6-4-5-16(15-17)9-12-23-20(25)21(10-13-26-14-11-21)18-7-2-1-3-8-18/h1-8,15H,9-14H2,(H2,22,24)(H,23,25). The first-order chi connectivity index (χ1) is 12.6. The van der Waals surface area contributed by atoms with Crippen molar-refractivity contribution in [3.05, 3.63) is 71.3 Å². The van der Waals surface area contributed by atoms with Crippen molar-refractivity contribution in [2.24, 2.45) is 5.73 Å². The van der Waals surface area contributed by atoms with Gasteiger partial charge in [0.15, 0.2) is 0 Å². The molecule has 26 heavy (non-hydrogen) atoms. The van der Waals surface area contributed by atoms with Crippen LogP contribution in [0.2, 0.25) is 0 Å². The molecule has 1 heterocycles. The minimum Gasteiger partial charge on any atom is -0.381 e. The molecule has 0 spiro atoms. The molecule has 2 aromatic carbocycles. The Kier molecular flexibility index (Phi) is 5.68. The van der Waals surface area contributed by atoms with Gasteiger partial charge in [0.25, 0.3) is 0 Å². The van der Waals surface area contributed by atoms with E-state index in [1.807, 2.05) is 36.4 Å². The Morgan fingerprint density at radius 3 is 2.46 bits per heavy atom. The number of ether oxygens (including phenoxy) is 1. The van der Waals surface area contributed by atoms with Gasteiger partial charge >= 0.3 is 0 Å². The first-order valence-electron chi connectivity index (χ1n) is 8.92. The summed E-state index contributed by atoms with van der Waals surface area (Å²) in [5.41, 5.74) is 7.28. The fraction of sp³-hybridized carbons (Fsp3) is 0.333. The van der Waals surface area contributed by atoms with E-state index in [1.54, 1.807) is 18.2 Å². The lowest BCUT2D eigenvalue weighted by atomic mass is 9.73. The van der Waals surface area contributed by atoms with Gasteiger partial charge in [0.2, 0.25) is 11.8 Å². The Morgan fingerprint density at radius 2 is 1.77 bits per heavy atom. The van der Waals surface area contributed by atoms with E-state index in [-0.39, 0.29) is 5.91 Å². The predicted molar refractivity (Wildman–Crippen MR) is 99.8 cm³/mol. The fourth-order valence-corrected chi connectivity index (χ4v) is 3.49. The molecule has 0 aliphatic carbocycles. The van der Waals surface area contributed by atoms with Crippen LogP contribution in [-0.4, -0.2) is 31.6 Å². The zero-order valence-corrected chi connectivity index (χ0v) is 14.7. The van der Waals surface area contributed by atoms with Crippen LogP contribution in [0.3, 0.4) is 0 Å². The second kappa shape index (κ2) is 8.15. The maximum absolute atomic E-state index is 13.0. The summed E-state index contributed by atoms with van der Waals surface area (Å²) in [5.74, 6) is -0.404. The monoisotopic (exact) mass is 352 g/mol. The number of rotatable bonds is 6. The molecule has 2 aromatic rings. The van der Waals surface area contributed by atoms with Crippen LogP contribution in [-0.2, 0) is 21.4 Å². The topological polar surface area (TPSA) is 81.4 Å². The molecule has 0 unspecified atom stereocenters. The molecule has 0 atom stereocenters. The number of benzene rings is 2. The van der Waals surface area contributed by atoms with Crippen LogP contribution in [0.15, 0.2) is 54.6 Å². The molecule has 136 valence electrons. The average molecular weight is 352 g/mol. The highest BCUT2D eigenvalue weighted by Crippen LogP contribution is 2.35. The molecule has 0 bridgehead atoms. The molecule has 3 rings (SSSR count). The first kappa shape index (κ1) is 18.1. The summed E-state index contributed by atoms with van der Waals surface area (Å²) >= 11 is 0. The number of hydrogen-bond donors (Lipinski definition) is 2. The summed E-state index contributed by atoms with van der Waals surface area (Å²) < 4.78 is 5.48. The van der Waals surface area contributed by atoms with E-state index in [1.165, 1.54) is 0 Å². The number of nitrogens with two attached hydrogens (primary N) is 1. The van der Waals surface area contributed by atoms with Crippen molar-refractivity contribution in [3.63, 3.8) is 0 Å². The maximum atomic E-state index is 13.0. The molecular weight excluding hydrogens is 328 g/mol. The van der Waals surface area contributed by atoms with Gasteiger partial charge < -0.3 is 15.8 Å². The molecule has 0 radical (unpaired) electrons. The normalized spacial score (nSPS) is 16.0. The predicted octanol–water partition coefficient (Wildman–Crippen LogP) is 2.19. The third kappa shape index (κ3) is 3.94. The quantitative estimate of drug-likeness (QED) is 0.836. The second-order valence-electron chi connectivity index (χ2n) is 6.63. The highest BCUT2D eigenvalue weighted by Gasteiger charge is 2.41. The molecule has 0 saturated carbocycles. The van der Waals surface area contributed by atoms with Crippen LogP contribution in [0.1, 0.15) is 34.3 Å². The number of primary amides is 1. The fourth-order valence-electron chi connectivity index (χ4n) is 3.49. The Labute approximate surface area is 153 Å². The number of carbonyl (C=O) groups is 2. The molecule has 1 saturated heterocycles. The maximum Gasteiger partial charge on any atom is 0.248 e. The smallest absolute Gasteiger partial charge is 0.248 e. The third-order valence-electron chi connectivity index (χ3n) is 5.02. The largest absolute Gasteiger partial charge is 0.381 e. The molecule has 5 nitrogen and oxygen atoms in total. The second-order valence-corrected chi connectivity index (χ2v) is 6.63. The van der Waals surface area contributed by atoms with Crippen molar-refractivity contribution >= 4 is 11.8 Å². The zero-order chi connectivity index (χ0) is 18.4. The number of carbonyl (C=O) groups excluding carboxylic acids is 2. The highest BCUT2D eigenvalue weighted by molar-refractivity contribution is 5.93. The SMILES string of the molecule is NC(=O)c1cccc(CCNC(=O)C2(c3ccccc3)CCOCC2)c1. The summed E-state index contributed by atoms with van der Waals surface area (Å²) in [4.78, 5) is 24.3. The van der Waals surface area contributed by atoms with Crippen molar-refractivity contribution in [2.75, 3.05) is 19.8 Å². The summed E-state index contributed by atoms with van der Waals surface area (Å²) in [7, 11) is 0. The van der Waals surface area contributed by atoms with Gasteiger partial charge in [-0.05, 0) is 42.5 Å². The molecule has 5 heteroatoms.